The second-order valence-corrected chi connectivity index (χ2v) is 8.43. The standard InChI is InChI=1S/C23H29N3OS.2ClH/c1-3-5-21(27)18-8-6-17(7-9-18)20-16-19-10-15-28-22(19)23(24-20)26-13-11-25(4-2)12-14-26;;/h6-10,15-16,21,27H,3-5,11-14H2,1-2H3;2*1H. The summed E-state index contributed by atoms with van der Waals surface area (Å²) in [6.07, 6.45) is 1.40. The molecule has 0 amide bonds. The lowest BCUT2D eigenvalue weighted by Crippen LogP contribution is -2.46. The van der Waals surface area contributed by atoms with E-state index in [0.717, 1.165) is 68.2 Å². The van der Waals surface area contributed by atoms with Crippen molar-refractivity contribution in [3.63, 3.8) is 0 Å². The number of likely N-dealkylation sites (N-methyl/N-ethyl adjacent to an activating group) is 1. The highest BCUT2D eigenvalue weighted by Crippen LogP contribution is 2.34. The van der Waals surface area contributed by atoms with Crippen LogP contribution in [-0.4, -0.2) is 47.7 Å². The third-order valence-corrected chi connectivity index (χ3v) is 6.62. The van der Waals surface area contributed by atoms with E-state index >= 15 is 0 Å². The number of aromatic nitrogens is 1. The highest BCUT2D eigenvalue weighted by molar-refractivity contribution is 7.17. The highest BCUT2D eigenvalue weighted by atomic mass is 35.5. The van der Waals surface area contributed by atoms with Crippen molar-refractivity contribution in [2.24, 2.45) is 0 Å². The topological polar surface area (TPSA) is 39.6 Å². The van der Waals surface area contributed by atoms with E-state index in [0.29, 0.717) is 0 Å². The number of nitrogens with zero attached hydrogens (tertiary/aromatic N) is 3. The number of hydrogen-bond donors (Lipinski definition) is 1. The number of aliphatic hydroxyl groups is 1. The van der Waals surface area contributed by atoms with Gasteiger partial charge in [-0.2, -0.15) is 0 Å². The van der Waals surface area contributed by atoms with E-state index in [1.54, 1.807) is 11.3 Å². The van der Waals surface area contributed by atoms with Crippen LogP contribution in [0.3, 0.4) is 0 Å². The minimum Gasteiger partial charge on any atom is -0.388 e. The van der Waals surface area contributed by atoms with E-state index in [1.807, 2.05) is 12.1 Å². The van der Waals surface area contributed by atoms with Crippen molar-refractivity contribution in [3.8, 4) is 11.3 Å². The molecule has 30 heavy (non-hydrogen) atoms. The number of benzene rings is 1. The van der Waals surface area contributed by atoms with E-state index < -0.39 is 0 Å². The molecule has 2 aromatic heterocycles. The highest BCUT2D eigenvalue weighted by Gasteiger charge is 2.20. The maximum Gasteiger partial charge on any atom is 0.147 e. The van der Waals surface area contributed by atoms with Crippen molar-refractivity contribution >= 4 is 52.1 Å². The second-order valence-electron chi connectivity index (χ2n) is 7.52. The summed E-state index contributed by atoms with van der Waals surface area (Å²) in [5.74, 6) is 1.12. The molecule has 1 aliphatic rings. The molecule has 1 unspecified atom stereocenters. The number of rotatable bonds is 6. The first kappa shape index (κ1) is 24.9. The number of pyridine rings is 1. The number of aliphatic hydroxyl groups excluding tert-OH is 1. The van der Waals surface area contributed by atoms with Crippen molar-refractivity contribution < 1.29 is 5.11 Å². The largest absolute Gasteiger partial charge is 0.388 e. The molecular formula is C23H31Cl2N3OS. The van der Waals surface area contributed by atoms with Gasteiger partial charge in [0.25, 0.3) is 0 Å². The van der Waals surface area contributed by atoms with Crippen LogP contribution < -0.4 is 4.90 Å². The third kappa shape index (κ3) is 5.27. The monoisotopic (exact) mass is 467 g/mol. The molecule has 0 saturated carbocycles. The van der Waals surface area contributed by atoms with E-state index in [9.17, 15) is 5.11 Å². The van der Waals surface area contributed by atoms with Gasteiger partial charge in [-0.1, -0.05) is 44.5 Å². The van der Waals surface area contributed by atoms with E-state index in [1.165, 1.54) is 10.1 Å². The SMILES string of the molecule is CCCC(O)c1ccc(-c2cc3ccsc3c(N3CCN(CC)CC3)n2)cc1.Cl.Cl. The zero-order valence-corrected chi connectivity index (χ0v) is 20.0. The molecule has 0 spiro atoms. The van der Waals surface area contributed by atoms with Crippen molar-refractivity contribution in [1.82, 2.24) is 9.88 Å². The third-order valence-electron chi connectivity index (χ3n) is 5.69. The lowest BCUT2D eigenvalue weighted by molar-refractivity contribution is 0.166. The second kappa shape index (κ2) is 11.3. The van der Waals surface area contributed by atoms with Crippen LogP contribution in [-0.2, 0) is 0 Å². The quantitative estimate of drug-likeness (QED) is 0.498. The molecule has 1 aromatic carbocycles. The van der Waals surface area contributed by atoms with Gasteiger partial charge in [0.2, 0.25) is 0 Å². The predicted molar refractivity (Wildman–Crippen MR) is 134 cm³/mol. The molecule has 3 heterocycles. The molecule has 3 aromatic rings. The molecule has 1 saturated heterocycles. The fraction of sp³-hybridized carbons (Fsp3) is 0.435. The molecule has 1 N–H and O–H groups in total. The van der Waals surface area contributed by atoms with Crippen LogP contribution in [0.4, 0.5) is 5.82 Å². The summed E-state index contributed by atoms with van der Waals surface area (Å²) in [4.78, 5) is 10.0. The Balaban J connectivity index is 0.00000160. The van der Waals surface area contributed by atoms with Gasteiger partial charge in [-0.05, 0) is 41.4 Å². The summed E-state index contributed by atoms with van der Waals surface area (Å²) in [6.45, 7) is 9.69. The van der Waals surface area contributed by atoms with Crippen molar-refractivity contribution in [2.75, 3.05) is 37.6 Å². The minimum absolute atomic E-state index is 0. The minimum atomic E-state index is -0.378. The molecule has 0 bridgehead atoms. The molecule has 0 radical (unpaired) electrons. The number of hydrogen-bond acceptors (Lipinski definition) is 5. The zero-order chi connectivity index (χ0) is 19.5. The van der Waals surface area contributed by atoms with Crippen LogP contribution in [0, 0.1) is 0 Å². The van der Waals surface area contributed by atoms with Crippen molar-refractivity contribution in [3.05, 3.63) is 47.3 Å². The lowest BCUT2D eigenvalue weighted by atomic mass is 10.0. The summed E-state index contributed by atoms with van der Waals surface area (Å²) in [5.41, 5.74) is 3.10. The Hall–Kier alpha value is -1.37. The number of anilines is 1. The summed E-state index contributed by atoms with van der Waals surface area (Å²) < 4.78 is 1.28. The Morgan fingerprint density at radius 2 is 1.73 bits per heavy atom. The first-order chi connectivity index (χ1) is 13.7. The Labute approximate surface area is 195 Å². The van der Waals surface area contributed by atoms with Crippen LogP contribution in [0.2, 0.25) is 0 Å². The van der Waals surface area contributed by atoms with E-state index in [-0.39, 0.29) is 30.9 Å². The van der Waals surface area contributed by atoms with Crippen LogP contribution >= 0.6 is 36.2 Å². The van der Waals surface area contributed by atoms with Crippen LogP contribution in [0.5, 0.6) is 0 Å². The summed E-state index contributed by atoms with van der Waals surface area (Å²) in [7, 11) is 0. The zero-order valence-electron chi connectivity index (χ0n) is 17.6. The molecule has 0 aliphatic carbocycles. The van der Waals surface area contributed by atoms with Crippen molar-refractivity contribution in [1.29, 1.82) is 0 Å². The molecule has 164 valence electrons. The van der Waals surface area contributed by atoms with Gasteiger partial charge in [-0.25, -0.2) is 4.98 Å². The van der Waals surface area contributed by atoms with Gasteiger partial charge in [0.15, 0.2) is 0 Å². The molecule has 1 aliphatic heterocycles. The number of piperazine rings is 1. The maximum atomic E-state index is 10.2. The fourth-order valence-corrected chi connectivity index (χ4v) is 4.81. The van der Waals surface area contributed by atoms with Gasteiger partial charge in [0.1, 0.15) is 5.82 Å². The molecule has 1 atom stereocenters. The molecule has 7 heteroatoms. The number of fused-ring (bicyclic) bond motifs is 1. The Bertz CT molecular complexity index is 924. The molecular weight excluding hydrogens is 437 g/mol. The van der Waals surface area contributed by atoms with Crippen molar-refractivity contribution in [2.45, 2.75) is 32.8 Å². The van der Waals surface area contributed by atoms with Crippen LogP contribution in [0.15, 0.2) is 41.8 Å². The first-order valence-corrected chi connectivity index (χ1v) is 11.2. The average molecular weight is 468 g/mol. The van der Waals surface area contributed by atoms with E-state index in [4.69, 9.17) is 4.98 Å². The Kier molecular flexibility index (Phi) is 9.38. The average Bonchev–Trinajstić information content (AvgIpc) is 3.22. The predicted octanol–water partition coefficient (Wildman–Crippen LogP) is 5.78. The first-order valence-electron chi connectivity index (χ1n) is 10.3. The van der Waals surface area contributed by atoms with Gasteiger partial charge in [-0.15, -0.1) is 36.2 Å². The molecule has 4 rings (SSSR count). The Morgan fingerprint density at radius 3 is 2.37 bits per heavy atom. The normalized spacial score (nSPS) is 15.5. The number of thiophene rings is 1. The van der Waals surface area contributed by atoms with Gasteiger partial charge < -0.3 is 14.9 Å². The van der Waals surface area contributed by atoms with Gasteiger partial charge in [0.05, 0.1) is 16.5 Å². The fourth-order valence-electron chi connectivity index (χ4n) is 3.91. The summed E-state index contributed by atoms with van der Waals surface area (Å²) in [6, 6.07) is 12.6. The molecule has 1 fully saturated rings. The number of halogens is 2. The Morgan fingerprint density at radius 1 is 1.03 bits per heavy atom. The van der Waals surface area contributed by atoms with Gasteiger partial charge in [0, 0.05) is 31.7 Å². The summed E-state index contributed by atoms with van der Waals surface area (Å²) in [5, 5.41) is 13.6. The molecule has 4 nitrogen and oxygen atoms in total. The van der Waals surface area contributed by atoms with Crippen LogP contribution in [0.1, 0.15) is 38.4 Å². The maximum absolute atomic E-state index is 10.2. The van der Waals surface area contributed by atoms with Gasteiger partial charge in [-0.3, -0.25) is 0 Å². The van der Waals surface area contributed by atoms with Crippen LogP contribution in [0.25, 0.3) is 21.3 Å². The lowest BCUT2D eigenvalue weighted by Gasteiger charge is -2.35. The van der Waals surface area contributed by atoms with Gasteiger partial charge >= 0.3 is 0 Å². The van der Waals surface area contributed by atoms with E-state index in [2.05, 4.69) is 53.3 Å². The summed E-state index contributed by atoms with van der Waals surface area (Å²) >= 11 is 1.78. The smallest absolute Gasteiger partial charge is 0.147 e.